The van der Waals surface area contributed by atoms with Crippen LogP contribution in [-0.2, 0) is 6.54 Å². The third-order valence-electron chi connectivity index (χ3n) is 2.71. The van der Waals surface area contributed by atoms with Crippen molar-refractivity contribution in [2.75, 3.05) is 0 Å². The number of nitrogens with two attached hydrogens (primary N) is 1. The Morgan fingerprint density at radius 1 is 1.12 bits per heavy atom. The Bertz CT molecular complexity index is 487. The molecule has 1 aromatic heterocycles. The van der Waals surface area contributed by atoms with Crippen LogP contribution in [0.5, 0.6) is 0 Å². The number of aryl methyl sites for hydroxylation is 2. The van der Waals surface area contributed by atoms with Gasteiger partial charge in [0.25, 0.3) is 0 Å². The molecular formula is C14H16N2. The number of rotatable bonds is 2. The Labute approximate surface area is 96.1 Å². The van der Waals surface area contributed by atoms with Crippen LogP contribution in [0, 0.1) is 13.8 Å². The summed E-state index contributed by atoms with van der Waals surface area (Å²) in [5, 5.41) is 0. The van der Waals surface area contributed by atoms with E-state index in [4.69, 9.17) is 5.73 Å². The van der Waals surface area contributed by atoms with E-state index in [1.165, 1.54) is 11.1 Å². The topological polar surface area (TPSA) is 38.9 Å². The number of pyridine rings is 1. The summed E-state index contributed by atoms with van der Waals surface area (Å²) in [6, 6.07) is 10.5. The lowest BCUT2D eigenvalue weighted by Crippen LogP contribution is -1.99. The Morgan fingerprint density at radius 2 is 1.94 bits per heavy atom. The maximum Gasteiger partial charge on any atom is 0.0373 e. The van der Waals surface area contributed by atoms with Crippen LogP contribution in [0.3, 0.4) is 0 Å². The van der Waals surface area contributed by atoms with E-state index in [1.54, 1.807) is 0 Å². The molecule has 0 aliphatic heterocycles. The maximum absolute atomic E-state index is 5.75. The zero-order chi connectivity index (χ0) is 11.5. The number of benzene rings is 1. The minimum atomic E-state index is 0.559. The van der Waals surface area contributed by atoms with Gasteiger partial charge in [0.05, 0.1) is 0 Å². The molecule has 2 nitrogen and oxygen atoms in total. The Hall–Kier alpha value is -1.67. The fraction of sp³-hybridized carbons (Fsp3) is 0.214. The number of hydrogen-bond donors (Lipinski definition) is 1. The molecule has 0 atom stereocenters. The predicted octanol–water partition coefficient (Wildman–Crippen LogP) is 2.82. The van der Waals surface area contributed by atoms with Crippen LogP contribution >= 0.6 is 0 Å². The smallest absolute Gasteiger partial charge is 0.0373 e. The van der Waals surface area contributed by atoms with Gasteiger partial charge in [0, 0.05) is 24.0 Å². The second kappa shape index (κ2) is 4.45. The molecule has 16 heavy (non-hydrogen) atoms. The molecule has 2 rings (SSSR count). The van der Waals surface area contributed by atoms with Crippen LogP contribution in [0.4, 0.5) is 0 Å². The molecule has 2 N–H and O–H groups in total. The summed E-state index contributed by atoms with van der Waals surface area (Å²) in [7, 11) is 0. The molecule has 0 spiro atoms. The minimum Gasteiger partial charge on any atom is -0.326 e. The van der Waals surface area contributed by atoms with Crippen molar-refractivity contribution >= 4 is 0 Å². The Kier molecular flexibility index (Phi) is 3.02. The first-order valence-corrected chi connectivity index (χ1v) is 5.43. The van der Waals surface area contributed by atoms with Crippen LogP contribution in [0.2, 0.25) is 0 Å². The highest BCUT2D eigenvalue weighted by Gasteiger charge is 2.04. The second-order valence-corrected chi connectivity index (χ2v) is 4.05. The number of hydrogen-bond acceptors (Lipinski definition) is 2. The van der Waals surface area contributed by atoms with Crippen molar-refractivity contribution in [3.63, 3.8) is 0 Å². The standard InChI is InChI=1S/C14H16N2/c1-10-3-5-12(8-15)14(7-10)13-6-4-11(2)16-9-13/h3-7,9H,8,15H2,1-2H3. The lowest BCUT2D eigenvalue weighted by molar-refractivity contribution is 1.07. The zero-order valence-electron chi connectivity index (χ0n) is 9.70. The normalized spacial score (nSPS) is 10.4. The molecule has 1 heterocycles. The van der Waals surface area contributed by atoms with Crippen LogP contribution in [0.15, 0.2) is 36.5 Å². The molecule has 0 saturated heterocycles. The monoisotopic (exact) mass is 212 g/mol. The maximum atomic E-state index is 5.75. The molecule has 2 heteroatoms. The summed E-state index contributed by atoms with van der Waals surface area (Å²) in [4.78, 5) is 4.32. The van der Waals surface area contributed by atoms with Gasteiger partial charge in [-0.05, 0) is 31.0 Å². The first-order chi connectivity index (χ1) is 7.70. The minimum absolute atomic E-state index is 0.559. The van der Waals surface area contributed by atoms with Crippen LogP contribution in [0.1, 0.15) is 16.8 Å². The average Bonchev–Trinajstić information content (AvgIpc) is 2.30. The molecule has 0 fully saturated rings. The Balaban J connectivity index is 2.53. The molecule has 0 bridgehead atoms. The van der Waals surface area contributed by atoms with Gasteiger partial charge in [-0.3, -0.25) is 4.98 Å². The van der Waals surface area contributed by atoms with Gasteiger partial charge in [0.15, 0.2) is 0 Å². The largest absolute Gasteiger partial charge is 0.326 e. The van der Waals surface area contributed by atoms with E-state index in [0.717, 1.165) is 16.8 Å². The quantitative estimate of drug-likeness (QED) is 0.831. The number of aromatic nitrogens is 1. The van der Waals surface area contributed by atoms with E-state index >= 15 is 0 Å². The lowest BCUT2D eigenvalue weighted by atomic mass is 9.99. The van der Waals surface area contributed by atoms with E-state index in [9.17, 15) is 0 Å². The van der Waals surface area contributed by atoms with Crippen molar-refractivity contribution < 1.29 is 0 Å². The summed E-state index contributed by atoms with van der Waals surface area (Å²) < 4.78 is 0. The summed E-state index contributed by atoms with van der Waals surface area (Å²) in [6.45, 7) is 4.64. The third kappa shape index (κ3) is 2.12. The van der Waals surface area contributed by atoms with E-state index in [1.807, 2.05) is 19.2 Å². The fourth-order valence-corrected chi connectivity index (χ4v) is 1.76. The predicted molar refractivity (Wildman–Crippen MR) is 67.0 cm³/mol. The molecule has 0 aliphatic rings. The summed E-state index contributed by atoms with van der Waals surface area (Å²) in [5.74, 6) is 0. The lowest BCUT2D eigenvalue weighted by Gasteiger charge is -2.09. The van der Waals surface area contributed by atoms with Gasteiger partial charge in [-0.1, -0.05) is 29.8 Å². The van der Waals surface area contributed by atoms with Gasteiger partial charge in [-0.2, -0.15) is 0 Å². The molecule has 1 aromatic carbocycles. The SMILES string of the molecule is Cc1ccc(CN)c(-c2ccc(C)nc2)c1. The summed E-state index contributed by atoms with van der Waals surface area (Å²) in [6.07, 6.45) is 1.91. The van der Waals surface area contributed by atoms with Crippen molar-refractivity contribution in [2.24, 2.45) is 5.73 Å². The van der Waals surface area contributed by atoms with Crippen molar-refractivity contribution in [1.82, 2.24) is 4.98 Å². The molecule has 0 saturated carbocycles. The molecule has 2 aromatic rings. The van der Waals surface area contributed by atoms with E-state index in [-0.39, 0.29) is 0 Å². The first-order valence-electron chi connectivity index (χ1n) is 5.43. The van der Waals surface area contributed by atoms with Crippen LogP contribution in [-0.4, -0.2) is 4.98 Å². The average molecular weight is 212 g/mol. The molecule has 82 valence electrons. The van der Waals surface area contributed by atoms with Crippen molar-refractivity contribution in [2.45, 2.75) is 20.4 Å². The second-order valence-electron chi connectivity index (χ2n) is 4.05. The highest BCUT2D eigenvalue weighted by Crippen LogP contribution is 2.24. The van der Waals surface area contributed by atoms with Crippen LogP contribution in [0.25, 0.3) is 11.1 Å². The molecule has 0 unspecified atom stereocenters. The first kappa shape index (κ1) is 10.8. The van der Waals surface area contributed by atoms with Gasteiger partial charge in [0.1, 0.15) is 0 Å². The fourth-order valence-electron chi connectivity index (χ4n) is 1.76. The summed E-state index contributed by atoms with van der Waals surface area (Å²) >= 11 is 0. The van der Waals surface area contributed by atoms with Gasteiger partial charge in [-0.25, -0.2) is 0 Å². The van der Waals surface area contributed by atoms with Gasteiger partial charge < -0.3 is 5.73 Å². The van der Waals surface area contributed by atoms with E-state index in [2.05, 4.69) is 36.2 Å². The van der Waals surface area contributed by atoms with Crippen molar-refractivity contribution in [3.05, 3.63) is 53.3 Å². The van der Waals surface area contributed by atoms with E-state index < -0.39 is 0 Å². The third-order valence-corrected chi connectivity index (χ3v) is 2.71. The van der Waals surface area contributed by atoms with Crippen molar-refractivity contribution in [3.8, 4) is 11.1 Å². The highest BCUT2D eigenvalue weighted by molar-refractivity contribution is 5.67. The molecule has 0 aliphatic carbocycles. The summed E-state index contributed by atoms with van der Waals surface area (Å²) in [5.41, 5.74) is 11.5. The van der Waals surface area contributed by atoms with Crippen LogP contribution < -0.4 is 5.73 Å². The zero-order valence-corrected chi connectivity index (χ0v) is 9.70. The molecule has 0 amide bonds. The molecular weight excluding hydrogens is 196 g/mol. The molecule has 0 radical (unpaired) electrons. The van der Waals surface area contributed by atoms with Gasteiger partial charge >= 0.3 is 0 Å². The Morgan fingerprint density at radius 3 is 2.56 bits per heavy atom. The van der Waals surface area contributed by atoms with Crippen molar-refractivity contribution in [1.29, 1.82) is 0 Å². The van der Waals surface area contributed by atoms with Gasteiger partial charge in [-0.15, -0.1) is 0 Å². The van der Waals surface area contributed by atoms with E-state index in [0.29, 0.717) is 6.54 Å². The highest BCUT2D eigenvalue weighted by atomic mass is 14.7. The van der Waals surface area contributed by atoms with Gasteiger partial charge in [0.2, 0.25) is 0 Å². The number of nitrogens with zero attached hydrogens (tertiary/aromatic N) is 1.